The molecule has 0 aromatic heterocycles. The predicted molar refractivity (Wildman–Crippen MR) is 63.1 cm³/mol. The van der Waals surface area contributed by atoms with Crippen LogP contribution in [0.5, 0.6) is 5.75 Å². The fraction of sp³-hybridized carbons (Fsp3) is 0.400. The van der Waals surface area contributed by atoms with Gasteiger partial charge < -0.3 is 9.94 Å². The van der Waals surface area contributed by atoms with Crippen LogP contribution in [0.3, 0.4) is 0 Å². The van der Waals surface area contributed by atoms with Crippen LogP contribution in [-0.4, -0.2) is 31.2 Å². The Bertz CT molecular complexity index is 505. The first-order valence-electron chi connectivity index (χ1n) is 5.02. The van der Waals surface area contributed by atoms with Crippen LogP contribution >= 0.6 is 11.6 Å². The van der Waals surface area contributed by atoms with Gasteiger partial charge in [0.25, 0.3) is 0 Å². The van der Waals surface area contributed by atoms with Crippen molar-refractivity contribution in [2.75, 3.05) is 11.5 Å². The van der Waals surface area contributed by atoms with Gasteiger partial charge in [-0.3, -0.25) is 0 Å². The molecule has 17 heavy (non-hydrogen) atoms. The summed E-state index contributed by atoms with van der Waals surface area (Å²) in [5, 5.41) is 8.94. The van der Waals surface area contributed by atoms with Gasteiger partial charge in [0.05, 0.1) is 16.5 Å². The molecule has 0 saturated carbocycles. The first kappa shape index (κ1) is 12.6. The summed E-state index contributed by atoms with van der Waals surface area (Å²) in [6.07, 6.45) is -0.306. The molecule has 1 heterocycles. The molecule has 1 fully saturated rings. The minimum Gasteiger partial charge on any atom is -0.487 e. The Hall–Kier alpha value is -0.820. The van der Waals surface area contributed by atoms with Gasteiger partial charge in [-0.05, 0) is 17.7 Å². The molecule has 2 rings (SSSR count). The van der Waals surface area contributed by atoms with Crippen LogP contribution in [0.15, 0.2) is 18.2 Å². The van der Waals surface area contributed by atoms with Crippen LogP contribution in [0.4, 0.5) is 0 Å². The lowest BCUT2D eigenvalue weighted by atomic mass is 10.2. The molecule has 5 nitrogen and oxygen atoms in total. The van der Waals surface area contributed by atoms with Crippen LogP contribution < -0.4 is 10.2 Å². The monoisotopic (exact) mass is 277 g/mol. The third-order valence-corrected chi connectivity index (χ3v) is 4.51. The maximum atomic E-state index is 11.0. The second kappa shape index (κ2) is 4.81. The number of hydrogen-bond acceptors (Lipinski definition) is 5. The molecule has 94 valence electrons. The van der Waals surface area contributed by atoms with Crippen LogP contribution in [-0.2, 0) is 16.4 Å². The highest BCUT2D eigenvalue weighted by molar-refractivity contribution is 7.92. The highest BCUT2D eigenvalue weighted by Crippen LogP contribution is 2.28. The van der Waals surface area contributed by atoms with Gasteiger partial charge in [-0.25, -0.2) is 13.9 Å². The summed E-state index contributed by atoms with van der Waals surface area (Å²) in [6, 6.07) is 5.07. The number of nitrogens with one attached hydrogen (secondary N) is 1. The van der Waals surface area contributed by atoms with Gasteiger partial charge in [0.15, 0.2) is 9.84 Å². The zero-order valence-electron chi connectivity index (χ0n) is 8.89. The van der Waals surface area contributed by atoms with Crippen LogP contribution in [0.25, 0.3) is 0 Å². The van der Waals surface area contributed by atoms with Crippen LogP contribution in [0.1, 0.15) is 5.56 Å². The summed E-state index contributed by atoms with van der Waals surface area (Å²) >= 11 is 5.98. The van der Waals surface area contributed by atoms with Crippen molar-refractivity contribution in [2.24, 2.45) is 0 Å². The zero-order chi connectivity index (χ0) is 12.5. The van der Waals surface area contributed by atoms with E-state index in [-0.39, 0.29) is 24.2 Å². The molecule has 1 aliphatic rings. The average Bonchev–Trinajstić information content (AvgIpc) is 2.19. The highest BCUT2D eigenvalue weighted by Gasteiger charge is 2.35. The van der Waals surface area contributed by atoms with E-state index in [0.717, 1.165) is 5.56 Å². The van der Waals surface area contributed by atoms with E-state index < -0.39 is 9.84 Å². The summed E-state index contributed by atoms with van der Waals surface area (Å²) in [5.41, 5.74) is 2.84. The Balaban J connectivity index is 2.02. The second-order valence-corrected chi connectivity index (χ2v) is 6.48. The smallest absolute Gasteiger partial charge is 0.157 e. The standard InChI is InChI=1S/C10H12ClNO4S/c11-9-3-7(4-12-13)1-2-10(9)16-8-5-17(14,15)6-8/h1-3,8,12-13H,4-6H2. The van der Waals surface area contributed by atoms with Crippen molar-refractivity contribution in [3.8, 4) is 5.75 Å². The average molecular weight is 278 g/mol. The van der Waals surface area contributed by atoms with Crippen molar-refractivity contribution in [1.29, 1.82) is 0 Å². The van der Waals surface area contributed by atoms with Gasteiger partial charge in [-0.15, -0.1) is 0 Å². The van der Waals surface area contributed by atoms with Gasteiger partial charge in [0, 0.05) is 6.54 Å². The maximum Gasteiger partial charge on any atom is 0.157 e. The van der Waals surface area contributed by atoms with E-state index in [1.807, 2.05) is 5.48 Å². The summed E-state index contributed by atoms with van der Waals surface area (Å²) < 4.78 is 27.4. The van der Waals surface area contributed by atoms with Crippen molar-refractivity contribution < 1.29 is 18.4 Å². The quantitative estimate of drug-likeness (QED) is 0.803. The number of hydrogen-bond donors (Lipinski definition) is 2. The minimum absolute atomic E-state index is 0.0449. The summed E-state index contributed by atoms with van der Waals surface area (Å²) in [6.45, 7) is 0.289. The summed E-state index contributed by atoms with van der Waals surface area (Å²) in [5.74, 6) is 0.556. The Kier molecular flexibility index (Phi) is 3.58. The van der Waals surface area contributed by atoms with E-state index in [1.165, 1.54) is 0 Å². The first-order chi connectivity index (χ1) is 8.00. The number of hydroxylamine groups is 1. The summed E-state index contributed by atoms with van der Waals surface area (Å²) in [7, 11) is -2.89. The number of halogens is 1. The lowest BCUT2D eigenvalue weighted by molar-refractivity contribution is 0.161. The lowest BCUT2D eigenvalue weighted by Gasteiger charge is -2.27. The van der Waals surface area contributed by atoms with E-state index >= 15 is 0 Å². The number of ether oxygens (including phenoxy) is 1. The lowest BCUT2D eigenvalue weighted by Crippen LogP contribution is -2.45. The molecule has 0 spiro atoms. The third-order valence-electron chi connectivity index (χ3n) is 2.45. The molecule has 0 amide bonds. The van der Waals surface area contributed by atoms with Crippen molar-refractivity contribution in [3.63, 3.8) is 0 Å². The largest absolute Gasteiger partial charge is 0.487 e. The molecule has 1 aromatic carbocycles. The summed E-state index contributed by atoms with van der Waals surface area (Å²) in [4.78, 5) is 0. The van der Waals surface area contributed by atoms with E-state index in [1.54, 1.807) is 18.2 Å². The molecule has 0 unspecified atom stereocenters. The fourth-order valence-electron chi connectivity index (χ4n) is 1.61. The van der Waals surface area contributed by atoms with Crippen LogP contribution in [0, 0.1) is 0 Å². The number of rotatable bonds is 4. The third kappa shape index (κ3) is 3.10. The van der Waals surface area contributed by atoms with Gasteiger partial charge in [0.2, 0.25) is 0 Å². The van der Waals surface area contributed by atoms with E-state index in [9.17, 15) is 8.42 Å². The van der Waals surface area contributed by atoms with E-state index in [4.69, 9.17) is 21.5 Å². The molecule has 1 aromatic rings. The Morgan fingerprint density at radius 3 is 2.71 bits per heavy atom. The van der Waals surface area contributed by atoms with E-state index in [2.05, 4.69) is 0 Å². The Morgan fingerprint density at radius 1 is 1.47 bits per heavy atom. The fourth-order valence-corrected chi connectivity index (χ4v) is 3.03. The molecule has 0 atom stereocenters. The first-order valence-corrected chi connectivity index (χ1v) is 7.22. The number of sulfone groups is 1. The SMILES string of the molecule is O=S1(=O)CC(Oc2ccc(CNO)cc2Cl)C1. The van der Waals surface area contributed by atoms with Crippen molar-refractivity contribution in [2.45, 2.75) is 12.6 Å². The molecule has 1 aliphatic heterocycles. The number of benzene rings is 1. The van der Waals surface area contributed by atoms with Gasteiger partial charge in [-0.1, -0.05) is 17.7 Å². The highest BCUT2D eigenvalue weighted by atomic mass is 35.5. The molecule has 0 aliphatic carbocycles. The molecule has 0 radical (unpaired) electrons. The molecule has 1 saturated heterocycles. The van der Waals surface area contributed by atoms with Gasteiger partial charge in [-0.2, -0.15) is 0 Å². The van der Waals surface area contributed by atoms with Crippen molar-refractivity contribution in [1.82, 2.24) is 5.48 Å². The Morgan fingerprint density at radius 2 is 2.18 bits per heavy atom. The molecule has 7 heteroatoms. The van der Waals surface area contributed by atoms with Gasteiger partial charge in [0.1, 0.15) is 11.9 Å². The second-order valence-electron chi connectivity index (χ2n) is 3.92. The predicted octanol–water partition coefficient (Wildman–Crippen LogP) is 0.995. The van der Waals surface area contributed by atoms with Crippen molar-refractivity contribution >= 4 is 21.4 Å². The minimum atomic E-state index is -2.89. The molecular formula is C10H12ClNO4S. The topological polar surface area (TPSA) is 75.6 Å². The van der Waals surface area contributed by atoms with Crippen LogP contribution in [0.2, 0.25) is 5.02 Å². The zero-order valence-corrected chi connectivity index (χ0v) is 10.5. The maximum absolute atomic E-state index is 11.0. The normalized spacial score (nSPS) is 18.7. The van der Waals surface area contributed by atoms with E-state index in [0.29, 0.717) is 10.8 Å². The van der Waals surface area contributed by atoms with Crippen molar-refractivity contribution in [3.05, 3.63) is 28.8 Å². The Labute approximate surface area is 104 Å². The molecule has 0 bridgehead atoms. The molecule has 2 N–H and O–H groups in total. The van der Waals surface area contributed by atoms with Gasteiger partial charge >= 0.3 is 0 Å². The molecular weight excluding hydrogens is 266 g/mol.